The molecule has 0 aromatic carbocycles. The normalized spacial score (nSPS) is 19.2. The highest BCUT2D eigenvalue weighted by Gasteiger charge is 2.15. The van der Waals surface area contributed by atoms with Crippen LogP contribution in [0.3, 0.4) is 0 Å². The van der Waals surface area contributed by atoms with Gasteiger partial charge in [0, 0.05) is 27.2 Å². The van der Waals surface area contributed by atoms with Gasteiger partial charge in [-0.2, -0.15) is 17.8 Å². The van der Waals surface area contributed by atoms with Crippen molar-refractivity contribution in [3.05, 3.63) is 0 Å². The van der Waals surface area contributed by atoms with Gasteiger partial charge < -0.3 is 4.74 Å². The molecule has 1 heterocycles. The number of hydrogen-bond acceptors (Lipinski definition) is 6. The molecule has 0 aromatic rings. The highest BCUT2D eigenvalue weighted by atomic mass is 32.2. The van der Waals surface area contributed by atoms with Crippen LogP contribution in [-0.2, 0) is 19.1 Å². The first kappa shape index (κ1) is 13.9. The lowest BCUT2D eigenvalue weighted by molar-refractivity contribution is 0.00482. The smallest absolute Gasteiger partial charge is 0.283 e. The lowest BCUT2D eigenvalue weighted by Crippen LogP contribution is -2.37. The van der Waals surface area contributed by atoms with Crippen LogP contribution in [0.5, 0.6) is 0 Å². The van der Waals surface area contributed by atoms with E-state index in [0.717, 1.165) is 32.8 Å². The van der Waals surface area contributed by atoms with Crippen molar-refractivity contribution in [3.8, 4) is 0 Å². The summed E-state index contributed by atoms with van der Waals surface area (Å²) in [6.07, 6.45) is 0.593. The molecule has 0 radical (unpaired) electrons. The average molecular weight is 252 g/mol. The monoisotopic (exact) mass is 252 g/mol. The molecule has 0 unspecified atom stereocenters. The summed E-state index contributed by atoms with van der Waals surface area (Å²) in [4.78, 5) is 2.20. The molecule has 0 aliphatic carbocycles. The van der Waals surface area contributed by atoms with Gasteiger partial charge in [0.15, 0.2) is 0 Å². The maximum atomic E-state index is 11.4. The lowest BCUT2D eigenvalue weighted by Gasteiger charge is -2.26. The first-order valence-electron chi connectivity index (χ1n) is 5.39. The molecule has 6 nitrogen and oxygen atoms in total. The van der Waals surface area contributed by atoms with E-state index in [-0.39, 0.29) is 5.75 Å². The van der Waals surface area contributed by atoms with Crippen molar-refractivity contribution in [1.29, 1.82) is 0 Å². The van der Waals surface area contributed by atoms with Crippen molar-refractivity contribution in [2.24, 2.45) is 0 Å². The summed E-state index contributed by atoms with van der Waals surface area (Å²) in [5, 5.41) is 1.20. The van der Waals surface area contributed by atoms with Gasteiger partial charge in [-0.05, 0) is 13.0 Å². The Hall–Kier alpha value is -0.210. The topological polar surface area (TPSA) is 59.1 Å². The second kappa shape index (κ2) is 6.51. The van der Waals surface area contributed by atoms with Crippen molar-refractivity contribution >= 4 is 10.1 Å². The Bertz CT molecular complexity index is 286. The molecule has 0 N–H and O–H groups in total. The van der Waals surface area contributed by atoms with E-state index in [1.807, 2.05) is 0 Å². The van der Waals surface area contributed by atoms with Crippen LogP contribution in [0, 0.1) is 0 Å². The van der Waals surface area contributed by atoms with Crippen molar-refractivity contribution in [1.82, 2.24) is 9.96 Å². The van der Waals surface area contributed by atoms with Crippen molar-refractivity contribution in [2.75, 3.05) is 52.7 Å². The van der Waals surface area contributed by atoms with E-state index in [1.165, 1.54) is 5.06 Å². The van der Waals surface area contributed by atoms with Crippen LogP contribution in [0.1, 0.15) is 6.42 Å². The minimum Gasteiger partial charge on any atom is -0.379 e. The zero-order chi connectivity index (χ0) is 12.0. The van der Waals surface area contributed by atoms with Crippen LogP contribution in [0.4, 0.5) is 0 Å². The Morgan fingerprint density at radius 2 is 1.94 bits per heavy atom. The van der Waals surface area contributed by atoms with Gasteiger partial charge in [0.05, 0.1) is 19.0 Å². The van der Waals surface area contributed by atoms with Crippen molar-refractivity contribution < 1.29 is 17.4 Å². The molecular weight excluding hydrogens is 232 g/mol. The molecule has 0 atom stereocenters. The Morgan fingerprint density at radius 1 is 1.31 bits per heavy atom. The summed E-state index contributed by atoms with van der Waals surface area (Å²) in [5.74, 6) is 0.0581. The van der Waals surface area contributed by atoms with Crippen LogP contribution >= 0.6 is 0 Å². The Morgan fingerprint density at radius 3 is 2.50 bits per heavy atom. The SMILES string of the molecule is CN(C)OS(=O)(=O)CCCN1CCOCC1. The lowest BCUT2D eigenvalue weighted by atomic mass is 10.4. The maximum absolute atomic E-state index is 11.4. The molecule has 96 valence electrons. The third-order valence-electron chi connectivity index (χ3n) is 2.24. The third kappa shape index (κ3) is 5.76. The molecule has 16 heavy (non-hydrogen) atoms. The van der Waals surface area contributed by atoms with E-state index >= 15 is 0 Å². The molecule has 1 rings (SSSR count). The predicted octanol–water partition coefficient (Wildman–Crippen LogP) is -0.468. The molecular formula is C9H20N2O4S. The fourth-order valence-electron chi connectivity index (χ4n) is 1.55. The molecule has 0 saturated carbocycles. The molecule has 7 heteroatoms. The van der Waals surface area contributed by atoms with E-state index in [2.05, 4.69) is 9.18 Å². The minimum absolute atomic E-state index is 0.0581. The summed E-state index contributed by atoms with van der Waals surface area (Å²) in [7, 11) is -0.303. The number of hydroxylamine groups is 2. The molecule has 1 aliphatic rings. The Labute approximate surface area is 97.2 Å². The highest BCUT2D eigenvalue weighted by molar-refractivity contribution is 7.86. The Balaban J connectivity index is 2.18. The van der Waals surface area contributed by atoms with Crippen LogP contribution in [-0.4, -0.2) is 71.1 Å². The van der Waals surface area contributed by atoms with E-state index in [1.54, 1.807) is 14.1 Å². The quantitative estimate of drug-likeness (QED) is 0.596. The number of rotatable bonds is 6. The van der Waals surface area contributed by atoms with Gasteiger partial charge >= 0.3 is 0 Å². The minimum atomic E-state index is -3.41. The zero-order valence-electron chi connectivity index (χ0n) is 9.89. The highest BCUT2D eigenvalue weighted by Crippen LogP contribution is 2.02. The summed E-state index contributed by atoms with van der Waals surface area (Å²) < 4.78 is 32.6. The standard InChI is InChI=1S/C9H20N2O4S/c1-10(2)15-16(12,13)9-3-4-11-5-7-14-8-6-11/h3-9H2,1-2H3. The van der Waals surface area contributed by atoms with Gasteiger partial charge in [0.1, 0.15) is 0 Å². The molecule has 0 amide bonds. The first-order valence-corrected chi connectivity index (χ1v) is 6.97. The fourth-order valence-corrected chi connectivity index (χ4v) is 2.57. The fraction of sp³-hybridized carbons (Fsp3) is 1.00. The van der Waals surface area contributed by atoms with Crippen LogP contribution in [0.15, 0.2) is 0 Å². The van der Waals surface area contributed by atoms with Gasteiger partial charge in [-0.25, -0.2) is 0 Å². The van der Waals surface area contributed by atoms with Gasteiger partial charge in [0.25, 0.3) is 10.1 Å². The number of morpholine rings is 1. The second-order valence-electron chi connectivity index (χ2n) is 3.96. The number of hydrogen-bond donors (Lipinski definition) is 0. The largest absolute Gasteiger partial charge is 0.379 e. The summed E-state index contributed by atoms with van der Waals surface area (Å²) in [5.41, 5.74) is 0. The molecule has 0 bridgehead atoms. The second-order valence-corrected chi connectivity index (χ2v) is 5.63. The van der Waals surface area contributed by atoms with Gasteiger partial charge in [-0.3, -0.25) is 4.90 Å². The molecule has 1 saturated heterocycles. The predicted molar refractivity (Wildman–Crippen MR) is 60.4 cm³/mol. The molecule has 1 fully saturated rings. The average Bonchev–Trinajstić information content (AvgIpc) is 2.16. The van der Waals surface area contributed by atoms with E-state index in [0.29, 0.717) is 6.42 Å². The van der Waals surface area contributed by atoms with E-state index in [4.69, 9.17) is 4.74 Å². The Kier molecular flexibility index (Phi) is 5.63. The van der Waals surface area contributed by atoms with Crippen molar-refractivity contribution in [2.45, 2.75) is 6.42 Å². The zero-order valence-corrected chi connectivity index (χ0v) is 10.7. The molecule has 1 aliphatic heterocycles. The summed E-state index contributed by atoms with van der Waals surface area (Å²) in [6, 6.07) is 0. The molecule has 0 aromatic heterocycles. The van der Waals surface area contributed by atoms with Crippen LogP contribution in [0.2, 0.25) is 0 Å². The maximum Gasteiger partial charge on any atom is 0.283 e. The molecule has 0 spiro atoms. The van der Waals surface area contributed by atoms with Gasteiger partial charge in [0.2, 0.25) is 0 Å². The summed E-state index contributed by atoms with van der Waals surface area (Å²) in [6.45, 7) is 4.02. The van der Waals surface area contributed by atoms with Gasteiger partial charge in [-0.1, -0.05) is 0 Å². The third-order valence-corrected chi connectivity index (χ3v) is 3.55. The first-order chi connectivity index (χ1) is 7.49. The van der Waals surface area contributed by atoms with Gasteiger partial charge in [-0.15, -0.1) is 0 Å². The van der Waals surface area contributed by atoms with Crippen LogP contribution in [0.25, 0.3) is 0 Å². The van der Waals surface area contributed by atoms with E-state index < -0.39 is 10.1 Å². The number of ether oxygens (including phenoxy) is 1. The van der Waals surface area contributed by atoms with E-state index in [9.17, 15) is 8.42 Å². The van der Waals surface area contributed by atoms with Crippen molar-refractivity contribution in [3.63, 3.8) is 0 Å². The summed E-state index contributed by atoms with van der Waals surface area (Å²) >= 11 is 0. The van der Waals surface area contributed by atoms with Crippen LogP contribution < -0.4 is 0 Å². The number of nitrogens with zero attached hydrogens (tertiary/aromatic N) is 2.